The van der Waals surface area contributed by atoms with Gasteiger partial charge in [-0.25, -0.2) is 0 Å². The molecular weight excluding hydrogens is 725 g/mol. The van der Waals surface area contributed by atoms with Crippen LogP contribution in [-0.4, -0.2) is 20.0 Å². The fraction of sp³-hybridized carbons (Fsp3) is 0.127. The van der Waals surface area contributed by atoms with Gasteiger partial charge in [-0.15, -0.1) is 0 Å². The molecule has 59 heavy (non-hydrogen) atoms. The molecule has 8 aromatic carbocycles. The fourth-order valence-corrected chi connectivity index (χ4v) is 8.65. The Hall–Kier alpha value is -7.04. The van der Waals surface area contributed by atoms with Crippen LogP contribution in [0.15, 0.2) is 170 Å². The molecule has 4 nitrogen and oxygen atoms in total. The maximum atomic E-state index is 6.13. The standard InChI is InChI=1S/C28H24O2.C27H22O2/c1-19-23(21-9-5-3-6-10-21)13-15-25-27(19)28-20(2)24(22-11-7-4-8-12-22)14-16-26(28)30-18-17-29-25;1-18-22(20-9-5-3-6-10-20)13-15-24-26(18)27-19(2)23(21-11-7-4-8-12-21)14-16-25(27)29-17-28-24/h3-16H,17-18H2,1-2H3;3-16H,17H2,1-2H3. The molecule has 4 heteroatoms. The van der Waals surface area contributed by atoms with Crippen molar-refractivity contribution < 1.29 is 18.9 Å². The summed E-state index contributed by atoms with van der Waals surface area (Å²) in [6, 6.07) is 59.0. The molecule has 2 aliphatic rings. The summed E-state index contributed by atoms with van der Waals surface area (Å²) in [7, 11) is 0. The van der Waals surface area contributed by atoms with E-state index in [1.54, 1.807) is 0 Å². The van der Waals surface area contributed by atoms with Crippen molar-refractivity contribution in [3.8, 4) is 89.8 Å². The van der Waals surface area contributed by atoms with Crippen LogP contribution >= 0.6 is 0 Å². The Balaban J connectivity index is 0.000000152. The number of hydrogen-bond donors (Lipinski definition) is 0. The fourth-order valence-electron chi connectivity index (χ4n) is 8.65. The number of ether oxygens (including phenoxy) is 4. The summed E-state index contributed by atoms with van der Waals surface area (Å²) in [4.78, 5) is 0. The van der Waals surface area contributed by atoms with Gasteiger partial charge in [-0.1, -0.05) is 146 Å². The average Bonchev–Trinajstić information content (AvgIpc) is 3.47. The van der Waals surface area contributed by atoms with E-state index in [-0.39, 0.29) is 6.79 Å². The highest BCUT2D eigenvalue weighted by atomic mass is 16.7. The third-order valence-corrected chi connectivity index (χ3v) is 11.6. The lowest BCUT2D eigenvalue weighted by Crippen LogP contribution is -2.14. The van der Waals surface area contributed by atoms with E-state index in [0.29, 0.717) is 13.2 Å². The molecule has 0 aromatic heterocycles. The van der Waals surface area contributed by atoms with Gasteiger partial charge in [-0.05, 0) is 119 Å². The first-order valence-corrected chi connectivity index (χ1v) is 20.3. The highest BCUT2D eigenvalue weighted by Crippen LogP contribution is 2.49. The summed E-state index contributed by atoms with van der Waals surface area (Å²) >= 11 is 0. The van der Waals surface area contributed by atoms with Crippen LogP contribution in [0, 0.1) is 27.7 Å². The molecule has 0 aliphatic carbocycles. The van der Waals surface area contributed by atoms with E-state index in [1.165, 1.54) is 66.8 Å². The zero-order valence-electron chi connectivity index (χ0n) is 33.9. The van der Waals surface area contributed by atoms with Crippen LogP contribution in [0.1, 0.15) is 22.3 Å². The summed E-state index contributed by atoms with van der Waals surface area (Å²) in [6.07, 6.45) is 0. The van der Waals surface area contributed by atoms with Crippen LogP contribution in [0.5, 0.6) is 23.0 Å². The largest absolute Gasteiger partial charge is 0.489 e. The summed E-state index contributed by atoms with van der Waals surface area (Å²) in [5.74, 6) is 3.58. The van der Waals surface area contributed by atoms with E-state index in [1.807, 2.05) is 12.1 Å². The molecule has 0 saturated heterocycles. The van der Waals surface area contributed by atoms with E-state index in [9.17, 15) is 0 Å². The normalized spacial score (nSPS) is 12.4. The van der Waals surface area contributed by atoms with Crippen molar-refractivity contribution in [3.05, 3.63) is 192 Å². The molecule has 2 aliphatic heterocycles. The second kappa shape index (κ2) is 16.4. The van der Waals surface area contributed by atoms with Crippen molar-refractivity contribution in [2.45, 2.75) is 27.7 Å². The molecule has 0 fully saturated rings. The van der Waals surface area contributed by atoms with Crippen molar-refractivity contribution in [1.82, 2.24) is 0 Å². The Kier molecular flexibility index (Phi) is 10.5. The van der Waals surface area contributed by atoms with Gasteiger partial charge in [0.2, 0.25) is 6.79 Å². The van der Waals surface area contributed by atoms with E-state index >= 15 is 0 Å². The number of rotatable bonds is 4. The van der Waals surface area contributed by atoms with E-state index in [0.717, 1.165) is 45.3 Å². The summed E-state index contributed by atoms with van der Waals surface area (Å²) in [5, 5.41) is 0. The molecule has 8 aromatic rings. The Morgan fingerprint density at radius 1 is 0.271 bits per heavy atom. The van der Waals surface area contributed by atoms with Gasteiger partial charge in [0.25, 0.3) is 0 Å². The number of fused-ring (bicyclic) bond motifs is 6. The van der Waals surface area contributed by atoms with Crippen LogP contribution in [-0.2, 0) is 0 Å². The van der Waals surface area contributed by atoms with Gasteiger partial charge in [0, 0.05) is 22.3 Å². The topological polar surface area (TPSA) is 36.9 Å². The minimum atomic E-state index is 0.217. The van der Waals surface area contributed by atoms with Crippen molar-refractivity contribution in [3.63, 3.8) is 0 Å². The quantitative estimate of drug-likeness (QED) is 0.179. The van der Waals surface area contributed by atoms with Crippen LogP contribution in [0.4, 0.5) is 0 Å². The van der Waals surface area contributed by atoms with Crippen LogP contribution in [0.3, 0.4) is 0 Å². The first-order valence-electron chi connectivity index (χ1n) is 20.3. The van der Waals surface area contributed by atoms with Gasteiger partial charge >= 0.3 is 0 Å². The van der Waals surface area contributed by atoms with Crippen molar-refractivity contribution in [2.24, 2.45) is 0 Å². The third-order valence-electron chi connectivity index (χ3n) is 11.6. The summed E-state index contributed by atoms with van der Waals surface area (Å²) in [5.41, 5.74) is 19.0. The minimum Gasteiger partial charge on any atom is -0.489 e. The lowest BCUT2D eigenvalue weighted by molar-refractivity contribution is 0.125. The van der Waals surface area contributed by atoms with Crippen molar-refractivity contribution >= 4 is 0 Å². The van der Waals surface area contributed by atoms with Crippen LogP contribution in [0.2, 0.25) is 0 Å². The predicted molar refractivity (Wildman–Crippen MR) is 242 cm³/mol. The Labute approximate surface area is 347 Å². The molecule has 0 spiro atoms. The first kappa shape index (κ1) is 37.5. The number of hydrogen-bond acceptors (Lipinski definition) is 4. The lowest BCUT2D eigenvalue weighted by atomic mass is 9.86. The van der Waals surface area contributed by atoms with Gasteiger partial charge in [-0.2, -0.15) is 0 Å². The highest BCUT2D eigenvalue weighted by molar-refractivity contribution is 5.92. The molecule has 10 rings (SSSR count). The zero-order chi connectivity index (χ0) is 40.3. The Bertz CT molecular complexity index is 2570. The second-order valence-corrected chi connectivity index (χ2v) is 15.0. The lowest BCUT2D eigenvalue weighted by Gasteiger charge is -2.25. The highest BCUT2D eigenvalue weighted by Gasteiger charge is 2.25. The summed E-state index contributed by atoms with van der Waals surface area (Å²) < 4.78 is 24.2. The summed E-state index contributed by atoms with van der Waals surface area (Å²) in [6.45, 7) is 10.0. The molecule has 0 amide bonds. The van der Waals surface area contributed by atoms with Crippen LogP contribution < -0.4 is 18.9 Å². The molecular formula is C55H46O4. The van der Waals surface area contributed by atoms with Gasteiger partial charge < -0.3 is 18.9 Å². The van der Waals surface area contributed by atoms with Gasteiger partial charge in [0.05, 0.1) is 0 Å². The van der Waals surface area contributed by atoms with E-state index in [2.05, 4.69) is 185 Å². The van der Waals surface area contributed by atoms with Gasteiger partial charge in [0.1, 0.15) is 36.2 Å². The van der Waals surface area contributed by atoms with E-state index < -0.39 is 0 Å². The van der Waals surface area contributed by atoms with Gasteiger partial charge in [-0.3, -0.25) is 0 Å². The number of benzene rings is 8. The molecule has 0 radical (unpaired) electrons. The Morgan fingerprint density at radius 3 is 0.763 bits per heavy atom. The average molecular weight is 771 g/mol. The van der Waals surface area contributed by atoms with E-state index in [4.69, 9.17) is 18.9 Å². The molecule has 0 atom stereocenters. The third kappa shape index (κ3) is 7.23. The molecule has 0 saturated carbocycles. The van der Waals surface area contributed by atoms with Crippen LogP contribution in [0.25, 0.3) is 66.8 Å². The SMILES string of the molecule is Cc1c(-c2ccccc2)ccc2c1-c1c(ccc(-c3ccccc3)c1C)OCCO2.Cc1c(-c2ccccc2)ccc2c1-c1c(ccc(-c3ccccc3)c1C)OCO2. The Morgan fingerprint density at radius 2 is 0.508 bits per heavy atom. The molecule has 290 valence electrons. The molecule has 2 heterocycles. The van der Waals surface area contributed by atoms with Crippen molar-refractivity contribution in [2.75, 3.05) is 20.0 Å². The molecule has 0 N–H and O–H groups in total. The molecule has 0 unspecified atom stereocenters. The monoisotopic (exact) mass is 770 g/mol. The maximum absolute atomic E-state index is 6.13. The minimum absolute atomic E-state index is 0.217. The zero-order valence-corrected chi connectivity index (χ0v) is 33.9. The van der Waals surface area contributed by atoms with Crippen molar-refractivity contribution in [1.29, 1.82) is 0 Å². The van der Waals surface area contributed by atoms with Gasteiger partial charge in [0.15, 0.2) is 0 Å². The second-order valence-electron chi connectivity index (χ2n) is 15.0. The maximum Gasteiger partial charge on any atom is 0.230 e. The smallest absolute Gasteiger partial charge is 0.230 e. The first-order chi connectivity index (χ1) is 29.0. The molecule has 0 bridgehead atoms. The predicted octanol–water partition coefficient (Wildman–Crippen LogP) is 14.1.